The number of ketones is 1. The molecule has 0 spiro atoms. The zero-order chi connectivity index (χ0) is 44.5. The number of aliphatic imine (C=N–C) groups is 1. The number of hydrogen-bond acceptors (Lipinski definition) is 4. The molecular formula is C54H61N3O2. The minimum Gasteiger partial charge on any atom is -0.467 e. The first-order valence-electron chi connectivity index (χ1n) is 22.3. The predicted molar refractivity (Wildman–Crippen MR) is 244 cm³/mol. The normalized spacial score (nSPS) is 22.1. The van der Waals surface area contributed by atoms with Gasteiger partial charge in [0, 0.05) is 53.6 Å². The highest BCUT2D eigenvalue weighted by atomic mass is 16.5. The number of rotatable bonds is 3. The predicted octanol–water partition coefficient (Wildman–Crippen LogP) is 12.9. The molecule has 1 aliphatic carbocycles. The van der Waals surface area contributed by atoms with Crippen molar-refractivity contribution < 1.29 is 12.3 Å². The summed E-state index contributed by atoms with van der Waals surface area (Å²) in [4.78, 5) is 25.7. The van der Waals surface area contributed by atoms with Gasteiger partial charge in [-0.3, -0.25) is 9.36 Å². The van der Waals surface area contributed by atoms with Crippen molar-refractivity contribution >= 4 is 33.6 Å². The summed E-state index contributed by atoms with van der Waals surface area (Å²) in [5.41, 5.74) is 11.5. The minimum absolute atomic E-state index is 0.0502. The lowest BCUT2D eigenvalue weighted by Crippen LogP contribution is -2.54. The number of aromatic nitrogens is 2. The van der Waals surface area contributed by atoms with Crippen molar-refractivity contribution in [2.75, 3.05) is 0 Å². The maximum absolute atomic E-state index is 15.3. The van der Waals surface area contributed by atoms with Crippen LogP contribution in [-0.4, -0.2) is 26.8 Å². The van der Waals surface area contributed by atoms with E-state index in [0.29, 0.717) is 28.2 Å². The van der Waals surface area contributed by atoms with Gasteiger partial charge in [-0.05, 0) is 137 Å². The second-order valence-corrected chi connectivity index (χ2v) is 21.6. The summed E-state index contributed by atoms with van der Waals surface area (Å²) in [6, 6.07) is 21.3. The molecule has 0 fully saturated rings. The Morgan fingerprint density at radius 3 is 2.05 bits per heavy atom. The summed E-state index contributed by atoms with van der Waals surface area (Å²) in [5, 5.41) is 2.34. The van der Waals surface area contributed by atoms with Gasteiger partial charge < -0.3 is 4.74 Å². The number of benzene rings is 4. The molecule has 59 heavy (non-hydrogen) atoms. The molecule has 0 amide bonds. The molecule has 0 radical (unpaired) electrons. The second-order valence-electron chi connectivity index (χ2n) is 21.6. The van der Waals surface area contributed by atoms with Crippen molar-refractivity contribution in [3.8, 4) is 5.69 Å². The van der Waals surface area contributed by atoms with Crippen LogP contribution in [0.5, 0.6) is 0 Å². The summed E-state index contributed by atoms with van der Waals surface area (Å²) in [6.45, 7) is 34.4. The van der Waals surface area contributed by atoms with Crippen molar-refractivity contribution in [1.82, 2.24) is 9.55 Å². The molecule has 0 unspecified atom stereocenters. The fourth-order valence-corrected chi connectivity index (χ4v) is 10.3. The average molecular weight is 786 g/mol. The molecule has 6 aromatic rings. The molecule has 0 saturated carbocycles. The van der Waals surface area contributed by atoms with Crippen LogP contribution in [0.1, 0.15) is 163 Å². The Bertz CT molecular complexity index is 2980. The quantitative estimate of drug-likeness (QED) is 0.168. The van der Waals surface area contributed by atoms with Gasteiger partial charge in [0.2, 0.25) is 5.90 Å². The van der Waals surface area contributed by atoms with E-state index in [2.05, 4.69) is 116 Å². The average Bonchev–Trinajstić information content (AvgIpc) is 3.72. The van der Waals surface area contributed by atoms with Gasteiger partial charge in [-0.15, -0.1) is 0 Å². The summed E-state index contributed by atoms with van der Waals surface area (Å²) in [5.74, 6) is 0.279. The highest BCUT2D eigenvalue weighted by Gasteiger charge is 2.66. The number of nitrogens with zero attached hydrogens (tertiary/aromatic N) is 3. The van der Waals surface area contributed by atoms with E-state index in [-0.39, 0.29) is 22.0 Å². The van der Waals surface area contributed by atoms with Crippen molar-refractivity contribution in [1.29, 1.82) is 0 Å². The number of hydrogen-bond donors (Lipinski definition) is 0. The van der Waals surface area contributed by atoms with E-state index >= 15 is 4.79 Å². The highest BCUT2D eigenvalue weighted by molar-refractivity contribution is 6.14. The van der Waals surface area contributed by atoms with Gasteiger partial charge in [0.15, 0.2) is 5.78 Å². The topological polar surface area (TPSA) is 56.5 Å². The van der Waals surface area contributed by atoms with E-state index in [4.69, 9.17) is 14.7 Å². The summed E-state index contributed by atoms with van der Waals surface area (Å²) in [6.07, 6.45) is 0.0316. The Labute approximate surface area is 354 Å². The van der Waals surface area contributed by atoms with Crippen molar-refractivity contribution in [3.63, 3.8) is 0 Å². The zero-order valence-corrected chi connectivity index (χ0v) is 38.0. The number of carbonyl (C=O) groups excluding carboxylic acids is 1. The van der Waals surface area contributed by atoms with Gasteiger partial charge in [-0.25, -0.2) is 9.98 Å². The maximum Gasteiger partial charge on any atom is 0.217 e. The third-order valence-corrected chi connectivity index (χ3v) is 14.1. The SMILES string of the molecule is [2H]C1([2H])c2cc(C)c(C)cc2[C@@]2(C)N=C(c3cc(C(=O)c4cc5c(cc4C)C(C)(C)c4cc(C(C)(C)C)cc6c7c(C)ccnc7n-5c46)cc(C(C)(C)C)c3)O[C@@]12C(C)(C)C. The van der Waals surface area contributed by atoms with Gasteiger partial charge in [-0.1, -0.05) is 100 Å². The third kappa shape index (κ3) is 5.38. The van der Waals surface area contributed by atoms with Crippen LogP contribution in [0.4, 0.5) is 0 Å². The van der Waals surface area contributed by atoms with Crippen LogP contribution in [0, 0.1) is 33.1 Å². The van der Waals surface area contributed by atoms with Crippen molar-refractivity contribution in [3.05, 3.63) is 139 Å². The van der Waals surface area contributed by atoms with E-state index in [1.807, 2.05) is 65.9 Å². The Morgan fingerprint density at radius 1 is 0.746 bits per heavy atom. The fraction of sp³-hybridized carbons (Fsp3) is 0.426. The highest BCUT2D eigenvalue weighted by Crippen LogP contribution is 2.60. The fourth-order valence-electron chi connectivity index (χ4n) is 10.3. The van der Waals surface area contributed by atoms with E-state index in [9.17, 15) is 2.74 Å². The molecule has 5 nitrogen and oxygen atoms in total. The molecule has 2 aliphatic heterocycles. The molecule has 5 heteroatoms. The van der Waals surface area contributed by atoms with Gasteiger partial charge >= 0.3 is 0 Å². The largest absolute Gasteiger partial charge is 0.467 e. The molecule has 0 saturated heterocycles. The molecule has 0 N–H and O–H groups in total. The molecule has 2 aromatic heterocycles. The van der Waals surface area contributed by atoms with E-state index < -0.39 is 22.9 Å². The van der Waals surface area contributed by atoms with Crippen LogP contribution in [0.25, 0.3) is 27.6 Å². The monoisotopic (exact) mass is 785 g/mol. The first kappa shape index (κ1) is 37.0. The molecule has 3 aliphatic rings. The van der Waals surface area contributed by atoms with E-state index in [1.54, 1.807) is 0 Å². The van der Waals surface area contributed by atoms with Gasteiger partial charge in [0.1, 0.15) is 16.8 Å². The molecule has 304 valence electrons. The summed E-state index contributed by atoms with van der Waals surface area (Å²) in [7, 11) is 0. The number of fused-ring (bicyclic) bond motifs is 8. The van der Waals surface area contributed by atoms with Crippen LogP contribution in [0.2, 0.25) is 0 Å². The van der Waals surface area contributed by atoms with Crippen LogP contribution >= 0.6 is 0 Å². The van der Waals surface area contributed by atoms with Gasteiger partial charge in [0.25, 0.3) is 0 Å². The van der Waals surface area contributed by atoms with Crippen LogP contribution in [0.15, 0.2) is 71.9 Å². The number of ether oxygens (including phenoxy) is 1. The lowest BCUT2D eigenvalue weighted by molar-refractivity contribution is -0.0673. The molecule has 9 rings (SSSR count). The van der Waals surface area contributed by atoms with Crippen LogP contribution in [0.3, 0.4) is 0 Å². The number of aryl methyl sites for hydroxylation is 4. The lowest BCUT2D eigenvalue weighted by Gasteiger charge is -2.45. The number of carbonyl (C=O) groups is 1. The first-order chi connectivity index (χ1) is 28.1. The van der Waals surface area contributed by atoms with Crippen LogP contribution in [-0.2, 0) is 32.9 Å². The van der Waals surface area contributed by atoms with Gasteiger partial charge in [0.05, 0.1) is 11.2 Å². The summed E-state index contributed by atoms with van der Waals surface area (Å²) >= 11 is 0. The lowest BCUT2D eigenvalue weighted by atomic mass is 9.66. The molecule has 4 aromatic carbocycles. The standard InChI is InChI=1S/C54H61N3O2/c1-29-17-18-55-47-44(29)39-25-37(50(8,9)10)26-42-45(39)57(47)43-27-38(32(4)21-41(43)52(42,14)15)46(58)33-22-34(24-36(23-33)49(5,6)7)48-56-53(16)40-20-31(3)30(2)19-35(40)28-54(53,59-48)51(11,12)13/h17-27H,28H2,1-16H3/t53-,54-/m1/s1/i28D2. The Kier molecular flexibility index (Phi) is 7.56. The first-order valence-corrected chi connectivity index (χ1v) is 21.3. The maximum atomic E-state index is 15.3. The smallest absolute Gasteiger partial charge is 0.217 e. The number of pyridine rings is 1. The second kappa shape index (κ2) is 12.0. The molecule has 4 heterocycles. The zero-order valence-electron chi connectivity index (χ0n) is 40.0. The van der Waals surface area contributed by atoms with E-state index in [0.717, 1.165) is 55.6 Å². The van der Waals surface area contributed by atoms with Crippen molar-refractivity contribution in [2.24, 2.45) is 10.4 Å². The summed E-state index contributed by atoms with van der Waals surface area (Å²) < 4.78 is 29.1. The van der Waals surface area contributed by atoms with E-state index in [1.165, 1.54) is 22.1 Å². The third-order valence-electron chi connectivity index (χ3n) is 14.1. The molecule has 0 bridgehead atoms. The minimum atomic E-state index is -1.86. The Morgan fingerprint density at radius 2 is 1.39 bits per heavy atom. The molecular weight excluding hydrogens is 723 g/mol. The van der Waals surface area contributed by atoms with Crippen LogP contribution < -0.4 is 0 Å². The van der Waals surface area contributed by atoms with Gasteiger partial charge in [-0.2, -0.15) is 0 Å². The van der Waals surface area contributed by atoms with Crippen molar-refractivity contribution in [2.45, 2.75) is 145 Å². The Balaban J connectivity index is 1.25. The Hall–Kier alpha value is -5.03. The molecule has 2 atom stereocenters.